The maximum Gasteiger partial charge on any atom is 0.187 e. The third-order valence-corrected chi connectivity index (χ3v) is 5.69. The van der Waals surface area contributed by atoms with Gasteiger partial charge in [-0.2, -0.15) is 0 Å². The predicted molar refractivity (Wildman–Crippen MR) is 84.1 cm³/mol. The number of hydrogen-bond acceptors (Lipinski definition) is 4. The zero-order chi connectivity index (χ0) is 14.7. The Labute approximate surface area is 131 Å². The molecule has 0 saturated heterocycles. The Kier molecular flexibility index (Phi) is 2.44. The van der Waals surface area contributed by atoms with Crippen LogP contribution in [0, 0.1) is 5.92 Å². The van der Waals surface area contributed by atoms with Gasteiger partial charge in [-0.1, -0.05) is 24.3 Å². The second kappa shape index (κ2) is 4.36. The van der Waals surface area contributed by atoms with E-state index >= 15 is 0 Å². The number of hydrogen-bond donors (Lipinski definition) is 0. The fourth-order valence-electron chi connectivity index (χ4n) is 3.83. The molecule has 1 aromatic carbocycles. The average molecular weight is 307 g/mol. The van der Waals surface area contributed by atoms with Crippen LogP contribution in [-0.2, 0) is 6.42 Å². The largest absolute Gasteiger partial charge is 0.322 e. The SMILES string of the molecule is O=C1c2ncsc2CC[C@H]1[C@H]1c2ccccc2-c2cncn21. The summed E-state index contributed by atoms with van der Waals surface area (Å²) in [6.45, 7) is 0. The van der Waals surface area contributed by atoms with Gasteiger partial charge in [-0.15, -0.1) is 11.3 Å². The van der Waals surface area contributed by atoms with E-state index in [1.807, 2.05) is 24.7 Å². The number of fused-ring (bicyclic) bond motifs is 4. The summed E-state index contributed by atoms with van der Waals surface area (Å²) in [7, 11) is 0. The van der Waals surface area contributed by atoms with Gasteiger partial charge in [0.25, 0.3) is 0 Å². The van der Waals surface area contributed by atoms with E-state index in [9.17, 15) is 4.79 Å². The van der Waals surface area contributed by atoms with Gasteiger partial charge in [-0.3, -0.25) is 4.79 Å². The molecule has 0 amide bonds. The molecule has 5 rings (SSSR count). The van der Waals surface area contributed by atoms with E-state index in [-0.39, 0.29) is 17.7 Å². The fourth-order valence-corrected chi connectivity index (χ4v) is 4.61. The highest BCUT2D eigenvalue weighted by Crippen LogP contribution is 2.46. The number of imidazole rings is 1. The average Bonchev–Trinajstić information content (AvgIpc) is 3.23. The molecule has 4 nitrogen and oxygen atoms in total. The summed E-state index contributed by atoms with van der Waals surface area (Å²) in [5.41, 5.74) is 6.01. The number of nitrogens with zero attached hydrogens (tertiary/aromatic N) is 3. The number of ketones is 1. The summed E-state index contributed by atoms with van der Waals surface area (Å²) in [6.07, 6.45) is 5.56. The third kappa shape index (κ3) is 1.49. The highest BCUT2D eigenvalue weighted by Gasteiger charge is 2.41. The zero-order valence-electron chi connectivity index (χ0n) is 11.8. The van der Waals surface area contributed by atoms with Gasteiger partial charge in [0.2, 0.25) is 0 Å². The Balaban J connectivity index is 1.66. The molecule has 2 aliphatic rings. The summed E-state index contributed by atoms with van der Waals surface area (Å²) in [5.74, 6) is 0.134. The highest BCUT2D eigenvalue weighted by molar-refractivity contribution is 7.10. The van der Waals surface area contributed by atoms with Crippen molar-refractivity contribution in [2.24, 2.45) is 5.92 Å². The molecule has 3 heterocycles. The number of carbonyl (C=O) groups excluding carboxylic acids is 1. The van der Waals surface area contributed by atoms with Crippen molar-refractivity contribution in [3.05, 3.63) is 58.4 Å². The van der Waals surface area contributed by atoms with E-state index in [0.717, 1.165) is 23.4 Å². The zero-order valence-corrected chi connectivity index (χ0v) is 12.6. The van der Waals surface area contributed by atoms with Crippen LogP contribution in [0.1, 0.15) is 33.4 Å². The van der Waals surface area contributed by atoms with Crippen LogP contribution in [-0.4, -0.2) is 20.3 Å². The van der Waals surface area contributed by atoms with Gasteiger partial charge in [0.05, 0.1) is 29.8 Å². The Bertz CT molecular complexity index is 895. The van der Waals surface area contributed by atoms with Crippen molar-refractivity contribution in [1.29, 1.82) is 0 Å². The van der Waals surface area contributed by atoms with E-state index in [4.69, 9.17) is 0 Å². The first-order chi connectivity index (χ1) is 10.8. The molecule has 0 spiro atoms. The molecule has 0 fully saturated rings. The number of aromatic nitrogens is 3. The maximum atomic E-state index is 12.9. The van der Waals surface area contributed by atoms with Crippen molar-refractivity contribution in [2.45, 2.75) is 18.9 Å². The Morgan fingerprint density at radius 3 is 3.14 bits per heavy atom. The number of rotatable bonds is 1. The molecular weight excluding hydrogens is 294 g/mol. The van der Waals surface area contributed by atoms with Crippen LogP contribution in [0.2, 0.25) is 0 Å². The standard InChI is InChI=1S/C17H13N3OS/c21-17-12(5-6-14-15(17)19-9-22-14)16-11-4-2-1-3-10(11)13-7-18-8-20(13)16/h1-4,7-9,12,16H,5-6H2/t12-,16+/m0/s1. The van der Waals surface area contributed by atoms with Crippen LogP contribution >= 0.6 is 11.3 Å². The lowest BCUT2D eigenvalue weighted by Crippen LogP contribution is -2.30. The molecular formula is C17H13N3OS. The number of benzene rings is 1. The monoisotopic (exact) mass is 307 g/mol. The van der Waals surface area contributed by atoms with Gasteiger partial charge in [-0.05, 0) is 18.4 Å². The van der Waals surface area contributed by atoms with Crippen LogP contribution in [0.15, 0.2) is 42.3 Å². The lowest BCUT2D eigenvalue weighted by molar-refractivity contribution is 0.0867. The molecule has 1 aliphatic carbocycles. The van der Waals surface area contributed by atoms with Gasteiger partial charge in [0.1, 0.15) is 5.69 Å². The minimum Gasteiger partial charge on any atom is -0.322 e. The number of aryl methyl sites for hydroxylation is 1. The highest BCUT2D eigenvalue weighted by atomic mass is 32.1. The lowest BCUT2D eigenvalue weighted by Gasteiger charge is -2.27. The molecule has 2 aromatic heterocycles. The van der Waals surface area contributed by atoms with E-state index in [1.54, 1.807) is 16.8 Å². The normalized spacial score (nSPS) is 22.3. The third-order valence-electron chi connectivity index (χ3n) is 4.80. The minimum absolute atomic E-state index is 0.0498. The Morgan fingerprint density at radius 1 is 1.27 bits per heavy atom. The smallest absolute Gasteiger partial charge is 0.187 e. The summed E-state index contributed by atoms with van der Waals surface area (Å²) in [6, 6.07) is 8.39. The molecule has 2 atom stereocenters. The molecule has 0 N–H and O–H groups in total. The van der Waals surface area contributed by atoms with Gasteiger partial charge in [-0.25, -0.2) is 9.97 Å². The predicted octanol–water partition coefficient (Wildman–Crippen LogP) is 3.35. The fraction of sp³-hybridized carbons (Fsp3) is 0.235. The molecule has 0 unspecified atom stereocenters. The Morgan fingerprint density at radius 2 is 2.18 bits per heavy atom. The first-order valence-electron chi connectivity index (χ1n) is 7.42. The second-order valence-electron chi connectivity index (χ2n) is 5.85. The molecule has 5 heteroatoms. The van der Waals surface area contributed by atoms with Crippen LogP contribution in [0.5, 0.6) is 0 Å². The Hall–Kier alpha value is -2.27. The quantitative estimate of drug-likeness (QED) is 0.692. The van der Waals surface area contributed by atoms with E-state index in [2.05, 4.69) is 26.7 Å². The number of Topliss-reactive ketones (excluding diaryl/α,β-unsaturated/α-hetero) is 1. The van der Waals surface area contributed by atoms with Crippen molar-refractivity contribution >= 4 is 17.1 Å². The summed E-state index contributed by atoms with van der Waals surface area (Å²) in [4.78, 5) is 22.6. The van der Waals surface area contributed by atoms with E-state index in [0.29, 0.717) is 5.69 Å². The number of thiazole rings is 1. The van der Waals surface area contributed by atoms with Crippen LogP contribution in [0.4, 0.5) is 0 Å². The molecule has 22 heavy (non-hydrogen) atoms. The molecule has 0 saturated carbocycles. The van der Waals surface area contributed by atoms with Crippen molar-refractivity contribution in [2.75, 3.05) is 0 Å². The van der Waals surface area contributed by atoms with Crippen molar-refractivity contribution < 1.29 is 4.79 Å². The summed E-state index contributed by atoms with van der Waals surface area (Å²) >= 11 is 1.60. The number of carbonyl (C=O) groups is 1. The molecule has 3 aromatic rings. The van der Waals surface area contributed by atoms with E-state index < -0.39 is 0 Å². The van der Waals surface area contributed by atoms with Crippen LogP contribution in [0.25, 0.3) is 11.3 Å². The van der Waals surface area contributed by atoms with Crippen molar-refractivity contribution in [1.82, 2.24) is 14.5 Å². The molecule has 108 valence electrons. The van der Waals surface area contributed by atoms with Crippen LogP contribution in [0.3, 0.4) is 0 Å². The molecule has 0 bridgehead atoms. The van der Waals surface area contributed by atoms with Gasteiger partial charge in [0, 0.05) is 16.4 Å². The summed E-state index contributed by atoms with van der Waals surface area (Å²) in [5, 5.41) is 0. The first kappa shape index (κ1) is 12.3. The van der Waals surface area contributed by atoms with Crippen LogP contribution < -0.4 is 0 Å². The maximum absolute atomic E-state index is 12.9. The van der Waals surface area contributed by atoms with Crippen molar-refractivity contribution in [3.8, 4) is 11.3 Å². The van der Waals surface area contributed by atoms with Gasteiger partial charge in [0.15, 0.2) is 5.78 Å². The van der Waals surface area contributed by atoms with E-state index in [1.165, 1.54) is 11.1 Å². The summed E-state index contributed by atoms with van der Waals surface area (Å²) < 4.78 is 2.16. The van der Waals surface area contributed by atoms with Gasteiger partial charge < -0.3 is 4.57 Å². The lowest BCUT2D eigenvalue weighted by atomic mass is 9.81. The first-order valence-corrected chi connectivity index (χ1v) is 8.30. The van der Waals surface area contributed by atoms with Gasteiger partial charge >= 0.3 is 0 Å². The van der Waals surface area contributed by atoms with Crippen molar-refractivity contribution in [3.63, 3.8) is 0 Å². The molecule has 1 aliphatic heterocycles. The second-order valence-corrected chi connectivity index (χ2v) is 6.79. The minimum atomic E-state index is -0.0498. The molecule has 0 radical (unpaired) electrons. The topological polar surface area (TPSA) is 47.8 Å².